The van der Waals surface area contributed by atoms with Crippen LogP contribution in [0, 0.1) is 0 Å². The van der Waals surface area contributed by atoms with E-state index in [0.717, 1.165) is 0 Å². The number of hydrogen-bond donors (Lipinski definition) is 3. The van der Waals surface area contributed by atoms with Gasteiger partial charge in [-0.25, -0.2) is 4.98 Å². The zero-order chi connectivity index (χ0) is 10.6. The summed E-state index contributed by atoms with van der Waals surface area (Å²) in [4.78, 5) is 3.93. The quantitative estimate of drug-likeness (QED) is 0.695. The minimum atomic E-state index is -0.997. The fourth-order valence-electron chi connectivity index (χ4n) is 1.07. The second-order valence-corrected chi connectivity index (χ2v) is 3.75. The van der Waals surface area contributed by atoms with Gasteiger partial charge in [-0.3, -0.25) is 0 Å². The molecule has 0 amide bonds. The molecular formula is C9H12BrNO3. The smallest absolute Gasteiger partial charge is 0.106 e. The summed E-state index contributed by atoms with van der Waals surface area (Å²) in [6.45, 7) is -0.151. The van der Waals surface area contributed by atoms with Gasteiger partial charge in [0.15, 0.2) is 0 Å². The molecule has 2 unspecified atom stereocenters. The van der Waals surface area contributed by atoms with Gasteiger partial charge in [-0.15, -0.1) is 0 Å². The van der Waals surface area contributed by atoms with Crippen LogP contribution in [0.2, 0.25) is 0 Å². The lowest BCUT2D eigenvalue weighted by Crippen LogP contribution is -2.19. The molecule has 0 aliphatic rings. The van der Waals surface area contributed by atoms with Gasteiger partial charge in [0.05, 0.1) is 6.10 Å². The predicted octanol–water partition coefficient (Wildman–Crippen LogP) is 0.621. The number of halogens is 1. The summed E-state index contributed by atoms with van der Waals surface area (Å²) in [5.74, 6) is 0. The molecule has 1 aromatic heterocycles. The number of rotatable bonds is 4. The molecule has 0 aromatic carbocycles. The highest BCUT2D eigenvalue weighted by Gasteiger charge is 2.17. The van der Waals surface area contributed by atoms with E-state index in [1.54, 1.807) is 12.1 Å². The Morgan fingerprint density at radius 1 is 1.36 bits per heavy atom. The first-order chi connectivity index (χ1) is 6.65. The average Bonchev–Trinajstić information content (AvgIpc) is 2.18. The third kappa shape index (κ3) is 3.02. The Hall–Kier alpha value is -0.490. The van der Waals surface area contributed by atoms with Crippen LogP contribution in [0.4, 0.5) is 0 Å². The van der Waals surface area contributed by atoms with E-state index in [-0.39, 0.29) is 13.0 Å². The van der Waals surface area contributed by atoms with Crippen molar-refractivity contribution in [3.63, 3.8) is 0 Å². The molecule has 0 saturated carbocycles. The average molecular weight is 262 g/mol. The SMILES string of the molecule is OCCC(O)C(O)c1ccc(Br)nc1. The highest BCUT2D eigenvalue weighted by atomic mass is 79.9. The standard InChI is InChI=1S/C9H12BrNO3/c10-8-2-1-6(5-11-8)9(14)7(13)3-4-12/h1-2,5,7,9,12-14H,3-4H2. The number of pyridine rings is 1. The Morgan fingerprint density at radius 2 is 2.07 bits per heavy atom. The van der Waals surface area contributed by atoms with Gasteiger partial charge >= 0.3 is 0 Å². The van der Waals surface area contributed by atoms with Gasteiger partial charge < -0.3 is 15.3 Å². The van der Waals surface area contributed by atoms with Crippen LogP contribution in [0.25, 0.3) is 0 Å². The van der Waals surface area contributed by atoms with E-state index in [9.17, 15) is 10.2 Å². The van der Waals surface area contributed by atoms with Crippen LogP contribution in [0.15, 0.2) is 22.9 Å². The van der Waals surface area contributed by atoms with Gasteiger partial charge in [0, 0.05) is 18.4 Å². The second kappa shape index (κ2) is 5.41. The summed E-state index contributed by atoms with van der Waals surface area (Å²) in [6.07, 6.45) is -0.322. The second-order valence-electron chi connectivity index (χ2n) is 2.94. The predicted molar refractivity (Wildman–Crippen MR) is 54.6 cm³/mol. The minimum Gasteiger partial charge on any atom is -0.396 e. The number of aliphatic hydroxyl groups excluding tert-OH is 3. The fourth-order valence-corrected chi connectivity index (χ4v) is 1.31. The van der Waals surface area contributed by atoms with Crippen LogP contribution in [-0.4, -0.2) is 33.0 Å². The number of hydrogen-bond acceptors (Lipinski definition) is 4. The summed E-state index contributed by atoms with van der Waals surface area (Å²) >= 11 is 3.17. The fraction of sp³-hybridized carbons (Fsp3) is 0.444. The van der Waals surface area contributed by atoms with Crippen LogP contribution >= 0.6 is 15.9 Å². The monoisotopic (exact) mass is 261 g/mol. The highest BCUT2D eigenvalue weighted by Crippen LogP contribution is 2.19. The molecule has 0 aliphatic heterocycles. The Bertz CT molecular complexity index is 278. The van der Waals surface area contributed by atoms with Gasteiger partial charge in [0.1, 0.15) is 10.7 Å². The minimum absolute atomic E-state index is 0.150. The van der Waals surface area contributed by atoms with Crippen molar-refractivity contribution in [2.75, 3.05) is 6.61 Å². The third-order valence-electron chi connectivity index (χ3n) is 1.88. The Kier molecular flexibility index (Phi) is 4.47. The van der Waals surface area contributed by atoms with Crippen molar-refractivity contribution in [2.24, 2.45) is 0 Å². The van der Waals surface area contributed by atoms with Gasteiger partial charge in [-0.2, -0.15) is 0 Å². The molecule has 0 fully saturated rings. The molecule has 3 N–H and O–H groups in total. The summed E-state index contributed by atoms with van der Waals surface area (Å²) in [6, 6.07) is 3.35. The first-order valence-corrected chi connectivity index (χ1v) is 5.03. The van der Waals surface area contributed by atoms with E-state index in [0.29, 0.717) is 10.2 Å². The topological polar surface area (TPSA) is 73.6 Å². The molecule has 1 heterocycles. The van der Waals surface area contributed by atoms with Crippen LogP contribution in [0.3, 0.4) is 0 Å². The van der Waals surface area contributed by atoms with E-state index in [1.807, 2.05) is 0 Å². The summed E-state index contributed by atoms with van der Waals surface area (Å²) in [5.41, 5.74) is 0.536. The van der Waals surface area contributed by atoms with Crippen molar-refractivity contribution in [3.8, 4) is 0 Å². The van der Waals surface area contributed by atoms with Crippen molar-refractivity contribution >= 4 is 15.9 Å². The van der Waals surface area contributed by atoms with Gasteiger partial charge in [-0.05, 0) is 28.4 Å². The largest absolute Gasteiger partial charge is 0.396 e. The van der Waals surface area contributed by atoms with E-state index in [1.165, 1.54) is 6.20 Å². The number of aliphatic hydroxyl groups is 3. The van der Waals surface area contributed by atoms with Crippen LogP contribution in [-0.2, 0) is 0 Å². The highest BCUT2D eigenvalue weighted by molar-refractivity contribution is 9.10. The van der Waals surface area contributed by atoms with Gasteiger partial charge in [0.25, 0.3) is 0 Å². The third-order valence-corrected chi connectivity index (χ3v) is 2.35. The van der Waals surface area contributed by atoms with Crippen LogP contribution in [0.1, 0.15) is 18.1 Å². The zero-order valence-electron chi connectivity index (χ0n) is 7.47. The van der Waals surface area contributed by atoms with E-state index in [4.69, 9.17) is 5.11 Å². The van der Waals surface area contributed by atoms with Crippen LogP contribution < -0.4 is 0 Å². The van der Waals surface area contributed by atoms with E-state index >= 15 is 0 Å². The van der Waals surface area contributed by atoms with Gasteiger partial charge in [0.2, 0.25) is 0 Å². The molecule has 0 aliphatic carbocycles. The summed E-state index contributed by atoms with van der Waals surface area (Å²) < 4.78 is 0.671. The summed E-state index contributed by atoms with van der Waals surface area (Å²) in [5, 5.41) is 27.6. The lowest BCUT2D eigenvalue weighted by atomic mass is 10.0. The van der Waals surface area contributed by atoms with Crippen molar-refractivity contribution in [1.82, 2.24) is 4.98 Å². The molecule has 14 heavy (non-hydrogen) atoms. The summed E-state index contributed by atoms with van der Waals surface area (Å²) in [7, 11) is 0. The van der Waals surface area contributed by atoms with Crippen molar-refractivity contribution in [2.45, 2.75) is 18.6 Å². The Labute approximate surface area is 90.4 Å². The molecular weight excluding hydrogens is 250 g/mol. The molecule has 1 rings (SSSR count). The first-order valence-electron chi connectivity index (χ1n) is 4.23. The lowest BCUT2D eigenvalue weighted by molar-refractivity contribution is 0.00403. The molecule has 2 atom stereocenters. The molecule has 0 spiro atoms. The maximum atomic E-state index is 9.59. The maximum Gasteiger partial charge on any atom is 0.106 e. The lowest BCUT2D eigenvalue weighted by Gasteiger charge is -2.16. The maximum absolute atomic E-state index is 9.59. The Morgan fingerprint density at radius 3 is 2.57 bits per heavy atom. The van der Waals surface area contributed by atoms with Crippen molar-refractivity contribution in [3.05, 3.63) is 28.5 Å². The normalized spacial score (nSPS) is 15.1. The van der Waals surface area contributed by atoms with Crippen molar-refractivity contribution in [1.29, 1.82) is 0 Å². The zero-order valence-corrected chi connectivity index (χ0v) is 9.05. The number of nitrogens with zero attached hydrogens (tertiary/aromatic N) is 1. The Balaban J connectivity index is 2.68. The molecule has 78 valence electrons. The first kappa shape index (κ1) is 11.6. The van der Waals surface area contributed by atoms with E-state index in [2.05, 4.69) is 20.9 Å². The van der Waals surface area contributed by atoms with Gasteiger partial charge in [-0.1, -0.05) is 6.07 Å². The molecule has 4 nitrogen and oxygen atoms in total. The molecule has 1 aromatic rings. The molecule has 0 saturated heterocycles. The molecule has 0 radical (unpaired) electrons. The van der Waals surface area contributed by atoms with Crippen molar-refractivity contribution < 1.29 is 15.3 Å². The number of aromatic nitrogens is 1. The van der Waals surface area contributed by atoms with Crippen LogP contribution in [0.5, 0.6) is 0 Å². The van der Waals surface area contributed by atoms with E-state index < -0.39 is 12.2 Å². The molecule has 0 bridgehead atoms. The molecule has 5 heteroatoms.